The summed E-state index contributed by atoms with van der Waals surface area (Å²) in [7, 11) is 1.26. The number of carboxylic acids is 1. The number of hydrogen-bond donors (Lipinski definition) is 2. The average molecular weight is 307 g/mol. The fraction of sp³-hybridized carbons (Fsp3) is 0.364. The molecule has 17 heavy (non-hydrogen) atoms. The Bertz CT molecular complexity index is 434. The molecule has 1 aromatic carbocycles. The number of carbonyl (C=O) groups is 1. The van der Waals surface area contributed by atoms with Gasteiger partial charge in [-0.25, -0.2) is 4.39 Å². The van der Waals surface area contributed by atoms with Gasteiger partial charge in [-0.2, -0.15) is 0 Å². The lowest BCUT2D eigenvalue weighted by Gasteiger charge is -2.11. The van der Waals surface area contributed by atoms with Crippen LogP contribution >= 0.6 is 15.9 Å². The van der Waals surface area contributed by atoms with Crippen LogP contribution in [0.2, 0.25) is 0 Å². The Labute approximate surface area is 106 Å². The van der Waals surface area contributed by atoms with Crippen LogP contribution in [0.25, 0.3) is 0 Å². The third kappa shape index (κ3) is 3.33. The number of aryl methyl sites for hydroxylation is 1. The van der Waals surface area contributed by atoms with Crippen molar-refractivity contribution in [3.8, 4) is 11.5 Å². The molecule has 0 bridgehead atoms. The maximum absolute atomic E-state index is 13.5. The van der Waals surface area contributed by atoms with E-state index >= 15 is 0 Å². The highest BCUT2D eigenvalue weighted by Crippen LogP contribution is 2.37. The van der Waals surface area contributed by atoms with Crippen molar-refractivity contribution in [1.29, 1.82) is 0 Å². The van der Waals surface area contributed by atoms with Gasteiger partial charge in [-0.1, -0.05) is 0 Å². The number of aromatic hydroxyl groups is 1. The van der Waals surface area contributed by atoms with Crippen molar-refractivity contribution in [3.63, 3.8) is 0 Å². The SMILES string of the molecule is COc1c(O)c(CCCC(=O)O)cc(Br)c1F. The van der Waals surface area contributed by atoms with Crippen molar-refractivity contribution in [2.24, 2.45) is 0 Å². The topological polar surface area (TPSA) is 66.8 Å². The van der Waals surface area contributed by atoms with Crippen molar-refractivity contribution in [2.45, 2.75) is 19.3 Å². The molecule has 4 nitrogen and oxygen atoms in total. The molecule has 2 N–H and O–H groups in total. The molecule has 1 aromatic rings. The first-order chi connectivity index (χ1) is 7.97. The van der Waals surface area contributed by atoms with E-state index in [9.17, 15) is 14.3 Å². The summed E-state index contributed by atoms with van der Waals surface area (Å²) in [5.41, 5.74) is 0.455. The number of phenols is 1. The first-order valence-electron chi connectivity index (χ1n) is 4.93. The van der Waals surface area contributed by atoms with Gasteiger partial charge in [0.05, 0.1) is 11.6 Å². The summed E-state index contributed by atoms with van der Waals surface area (Å²) in [4.78, 5) is 10.4. The average Bonchev–Trinajstić information content (AvgIpc) is 2.26. The molecular weight excluding hydrogens is 295 g/mol. The summed E-state index contributed by atoms with van der Waals surface area (Å²) in [5.74, 6) is -2.09. The van der Waals surface area contributed by atoms with E-state index in [2.05, 4.69) is 15.9 Å². The van der Waals surface area contributed by atoms with E-state index in [1.807, 2.05) is 0 Å². The van der Waals surface area contributed by atoms with Gasteiger partial charge in [0.15, 0.2) is 17.3 Å². The van der Waals surface area contributed by atoms with Crippen LogP contribution in [0, 0.1) is 5.82 Å². The van der Waals surface area contributed by atoms with Crippen LogP contribution in [-0.2, 0) is 11.2 Å². The van der Waals surface area contributed by atoms with Gasteiger partial charge in [0.25, 0.3) is 0 Å². The summed E-state index contributed by atoms with van der Waals surface area (Å²) in [6.45, 7) is 0. The molecule has 0 aliphatic rings. The van der Waals surface area contributed by atoms with E-state index in [0.29, 0.717) is 18.4 Å². The third-order valence-electron chi connectivity index (χ3n) is 2.27. The molecule has 1 rings (SSSR count). The second-order valence-electron chi connectivity index (χ2n) is 3.46. The van der Waals surface area contributed by atoms with Crippen LogP contribution in [0.15, 0.2) is 10.5 Å². The lowest BCUT2D eigenvalue weighted by molar-refractivity contribution is -0.137. The Morgan fingerprint density at radius 3 is 2.76 bits per heavy atom. The minimum atomic E-state index is -0.905. The predicted octanol–water partition coefficient (Wildman–Crippen LogP) is 2.71. The molecule has 0 atom stereocenters. The maximum atomic E-state index is 13.5. The number of ether oxygens (including phenoxy) is 1. The standard InChI is InChI=1S/C11H12BrFO4/c1-17-11-9(13)7(12)5-6(10(11)16)3-2-4-8(14)15/h5,16H,2-4H2,1H3,(H,14,15). The van der Waals surface area contributed by atoms with E-state index in [1.165, 1.54) is 13.2 Å². The van der Waals surface area contributed by atoms with E-state index < -0.39 is 11.8 Å². The molecule has 0 amide bonds. The number of hydrogen-bond acceptors (Lipinski definition) is 3. The zero-order valence-electron chi connectivity index (χ0n) is 9.17. The van der Waals surface area contributed by atoms with Crippen LogP contribution in [0.1, 0.15) is 18.4 Å². The van der Waals surface area contributed by atoms with Gasteiger partial charge in [-0.15, -0.1) is 0 Å². The van der Waals surface area contributed by atoms with Crippen LogP contribution in [-0.4, -0.2) is 23.3 Å². The molecule has 94 valence electrons. The molecule has 0 aliphatic carbocycles. The molecule has 0 radical (unpaired) electrons. The molecule has 0 saturated heterocycles. The van der Waals surface area contributed by atoms with Crippen LogP contribution in [0.5, 0.6) is 11.5 Å². The smallest absolute Gasteiger partial charge is 0.303 e. The van der Waals surface area contributed by atoms with Crippen molar-refractivity contribution in [3.05, 3.63) is 21.9 Å². The molecule has 6 heteroatoms. The van der Waals surface area contributed by atoms with Crippen LogP contribution < -0.4 is 4.74 Å². The summed E-state index contributed by atoms with van der Waals surface area (Å²) >= 11 is 3.01. The van der Waals surface area contributed by atoms with E-state index in [-0.39, 0.29) is 22.4 Å². The largest absolute Gasteiger partial charge is 0.504 e. The van der Waals surface area contributed by atoms with Crippen molar-refractivity contribution < 1.29 is 24.1 Å². The molecule has 0 heterocycles. The number of rotatable bonds is 5. The number of halogens is 2. The Hall–Kier alpha value is -1.30. The molecule has 0 spiro atoms. The maximum Gasteiger partial charge on any atom is 0.303 e. The highest BCUT2D eigenvalue weighted by Gasteiger charge is 2.17. The highest BCUT2D eigenvalue weighted by molar-refractivity contribution is 9.10. The number of methoxy groups -OCH3 is 1. The summed E-state index contributed by atoms with van der Waals surface area (Å²) in [6.07, 6.45) is 0.703. The van der Waals surface area contributed by atoms with E-state index in [0.717, 1.165) is 0 Å². The second-order valence-corrected chi connectivity index (χ2v) is 4.31. The third-order valence-corrected chi connectivity index (χ3v) is 2.85. The Morgan fingerprint density at radius 1 is 1.59 bits per heavy atom. The van der Waals surface area contributed by atoms with Crippen molar-refractivity contribution >= 4 is 21.9 Å². The number of phenolic OH excluding ortho intramolecular Hbond substituents is 1. The Kier molecular flexibility index (Phi) is 4.74. The number of benzene rings is 1. The van der Waals surface area contributed by atoms with Crippen LogP contribution in [0.4, 0.5) is 4.39 Å². The van der Waals surface area contributed by atoms with Gasteiger partial charge < -0.3 is 14.9 Å². The normalized spacial score (nSPS) is 10.3. The lowest BCUT2D eigenvalue weighted by Crippen LogP contribution is -1.98. The van der Waals surface area contributed by atoms with Crippen molar-refractivity contribution in [1.82, 2.24) is 0 Å². The molecule has 0 saturated carbocycles. The summed E-state index contributed by atoms with van der Waals surface area (Å²) < 4.78 is 18.4. The lowest BCUT2D eigenvalue weighted by atomic mass is 10.1. The number of carboxylic acid groups (broad SMARTS) is 1. The number of aliphatic carboxylic acids is 1. The summed E-state index contributed by atoms with van der Waals surface area (Å²) in [6, 6.07) is 1.43. The van der Waals surface area contributed by atoms with Crippen LogP contribution in [0.3, 0.4) is 0 Å². The Morgan fingerprint density at radius 2 is 2.24 bits per heavy atom. The molecule has 0 aliphatic heterocycles. The van der Waals surface area contributed by atoms with Gasteiger partial charge in [0, 0.05) is 6.42 Å². The fourth-order valence-electron chi connectivity index (χ4n) is 1.45. The minimum Gasteiger partial charge on any atom is -0.504 e. The zero-order chi connectivity index (χ0) is 13.0. The first-order valence-corrected chi connectivity index (χ1v) is 5.72. The highest BCUT2D eigenvalue weighted by atomic mass is 79.9. The minimum absolute atomic E-state index is 0.00322. The predicted molar refractivity (Wildman–Crippen MR) is 62.9 cm³/mol. The van der Waals surface area contributed by atoms with Gasteiger partial charge in [-0.05, 0) is 40.4 Å². The molecular formula is C11H12BrFO4. The summed E-state index contributed by atoms with van der Waals surface area (Å²) in [5, 5.41) is 18.2. The first kappa shape index (κ1) is 13.8. The quantitative estimate of drug-likeness (QED) is 0.878. The fourth-order valence-corrected chi connectivity index (χ4v) is 1.91. The van der Waals surface area contributed by atoms with E-state index in [4.69, 9.17) is 9.84 Å². The molecule has 0 aromatic heterocycles. The van der Waals surface area contributed by atoms with Gasteiger partial charge >= 0.3 is 5.97 Å². The van der Waals surface area contributed by atoms with Gasteiger partial charge in [0.1, 0.15) is 0 Å². The molecule has 0 unspecified atom stereocenters. The second kappa shape index (κ2) is 5.86. The van der Waals surface area contributed by atoms with Gasteiger partial charge in [0.2, 0.25) is 0 Å². The van der Waals surface area contributed by atoms with Crippen molar-refractivity contribution in [2.75, 3.05) is 7.11 Å². The monoisotopic (exact) mass is 306 g/mol. The zero-order valence-corrected chi connectivity index (χ0v) is 10.8. The molecule has 0 fully saturated rings. The van der Waals surface area contributed by atoms with Gasteiger partial charge in [-0.3, -0.25) is 4.79 Å². The Balaban J connectivity index is 2.93. The van der Waals surface area contributed by atoms with E-state index in [1.54, 1.807) is 0 Å².